The Balaban J connectivity index is 2.61. The van der Waals surface area contributed by atoms with Gasteiger partial charge in [0.2, 0.25) is 11.8 Å². The molecule has 3 amide bonds. The summed E-state index contributed by atoms with van der Waals surface area (Å²) in [4.78, 5) is 45.6. The second-order valence-electron chi connectivity index (χ2n) is 5.33. The number of hydrogen-bond acceptors (Lipinski definition) is 5. The monoisotopic (exact) mass is 351 g/mol. The number of aliphatic carboxylic acids is 1. The number of carbonyl (C=O) groups excluding carboxylic acids is 3. The third kappa shape index (κ3) is 7.82. The van der Waals surface area contributed by atoms with Crippen molar-refractivity contribution in [3.8, 4) is 0 Å². The van der Waals surface area contributed by atoms with Gasteiger partial charge < -0.3 is 26.2 Å². The molecule has 0 fully saturated rings. The van der Waals surface area contributed by atoms with E-state index in [0.29, 0.717) is 0 Å². The zero-order valence-electron chi connectivity index (χ0n) is 13.7. The highest BCUT2D eigenvalue weighted by Crippen LogP contribution is 2.03. The third-order valence-corrected chi connectivity index (χ3v) is 3.23. The van der Waals surface area contributed by atoms with Crippen LogP contribution in [-0.4, -0.2) is 41.1 Å². The number of carboxylic acids is 1. The molecule has 9 heteroatoms. The number of alkyl carbamates (subject to hydrolysis) is 1. The second kappa shape index (κ2) is 9.91. The minimum Gasteiger partial charge on any atom is -0.480 e. The maximum atomic E-state index is 12.1. The van der Waals surface area contributed by atoms with E-state index < -0.39 is 36.0 Å². The lowest BCUT2D eigenvalue weighted by Crippen LogP contribution is -2.51. The van der Waals surface area contributed by atoms with E-state index in [0.717, 1.165) is 5.56 Å². The zero-order valence-corrected chi connectivity index (χ0v) is 13.7. The van der Waals surface area contributed by atoms with Crippen LogP contribution in [0.5, 0.6) is 0 Å². The SMILES string of the molecule is C[C@H](NC(=O)[C@H](CCC(N)=O)NC(=O)OCc1ccccc1)C(=O)O. The highest BCUT2D eigenvalue weighted by atomic mass is 16.5. The molecule has 9 nitrogen and oxygen atoms in total. The summed E-state index contributed by atoms with van der Waals surface area (Å²) in [5.74, 6) is -2.62. The van der Waals surface area contributed by atoms with Crippen LogP contribution in [-0.2, 0) is 25.7 Å². The number of benzene rings is 1. The summed E-state index contributed by atoms with van der Waals surface area (Å²) in [6, 6.07) is 6.62. The number of nitrogens with one attached hydrogen (secondary N) is 2. The van der Waals surface area contributed by atoms with E-state index in [2.05, 4.69) is 10.6 Å². The summed E-state index contributed by atoms with van der Waals surface area (Å²) in [7, 11) is 0. The van der Waals surface area contributed by atoms with Gasteiger partial charge in [-0.1, -0.05) is 30.3 Å². The van der Waals surface area contributed by atoms with Crippen molar-refractivity contribution in [2.45, 2.75) is 38.5 Å². The van der Waals surface area contributed by atoms with Gasteiger partial charge in [-0.3, -0.25) is 14.4 Å². The third-order valence-electron chi connectivity index (χ3n) is 3.23. The molecule has 0 aliphatic carbocycles. The van der Waals surface area contributed by atoms with Crippen molar-refractivity contribution in [3.05, 3.63) is 35.9 Å². The van der Waals surface area contributed by atoms with Crippen molar-refractivity contribution in [2.75, 3.05) is 0 Å². The smallest absolute Gasteiger partial charge is 0.408 e. The number of primary amides is 1. The van der Waals surface area contributed by atoms with E-state index in [1.165, 1.54) is 6.92 Å². The van der Waals surface area contributed by atoms with Crippen molar-refractivity contribution < 1.29 is 29.0 Å². The number of ether oxygens (including phenoxy) is 1. The van der Waals surface area contributed by atoms with Gasteiger partial charge >= 0.3 is 12.1 Å². The summed E-state index contributed by atoms with van der Waals surface area (Å²) in [5.41, 5.74) is 5.81. The number of rotatable bonds is 9. The van der Waals surface area contributed by atoms with Crippen molar-refractivity contribution in [3.63, 3.8) is 0 Å². The van der Waals surface area contributed by atoms with E-state index in [-0.39, 0.29) is 19.4 Å². The molecule has 0 heterocycles. The van der Waals surface area contributed by atoms with E-state index in [9.17, 15) is 19.2 Å². The lowest BCUT2D eigenvalue weighted by Gasteiger charge is -2.19. The van der Waals surface area contributed by atoms with Crippen LogP contribution < -0.4 is 16.4 Å². The Hall–Kier alpha value is -3.10. The molecule has 0 aliphatic rings. The first-order valence-electron chi connectivity index (χ1n) is 7.58. The van der Waals surface area contributed by atoms with Crippen LogP contribution in [0, 0.1) is 0 Å². The van der Waals surface area contributed by atoms with E-state index in [1.807, 2.05) is 6.07 Å². The Bertz CT molecular complexity index is 620. The van der Waals surface area contributed by atoms with Gasteiger partial charge in [0.1, 0.15) is 18.7 Å². The number of nitrogens with two attached hydrogens (primary N) is 1. The Kier molecular flexibility index (Phi) is 7.91. The van der Waals surface area contributed by atoms with Crippen LogP contribution >= 0.6 is 0 Å². The molecule has 0 saturated heterocycles. The summed E-state index contributed by atoms with van der Waals surface area (Å²) < 4.78 is 5.01. The summed E-state index contributed by atoms with van der Waals surface area (Å²) in [5, 5.41) is 13.4. The molecule has 5 N–H and O–H groups in total. The van der Waals surface area contributed by atoms with Crippen LogP contribution in [0.4, 0.5) is 4.79 Å². The van der Waals surface area contributed by atoms with Gasteiger partial charge in [-0.2, -0.15) is 0 Å². The molecule has 0 spiro atoms. The van der Waals surface area contributed by atoms with Crippen molar-refractivity contribution in [1.29, 1.82) is 0 Å². The van der Waals surface area contributed by atoms with Gasteiger partial charge in [-0.05, 0) is 18.9 Å². The van der Waals surface area contributed by atoms with Gasteiger partial charge in [0, 0.05) is 6.42 Å². The average Bonchev–Trinajstić information content (AvgIpc) is 2.57. The Morgan fingerprint density at radius 3 is 2.36 bits per heavy atom. The number of amides is 3. The summed E-state index contributed by atoms with van der Waals surface area (Å²) >= 11 is 0. The quantitative estimate of drug-likeness (QED) is 0.497. The molecule has 25 heavy (non-hydrogen) atoms. The molecule has 0 aliphatic heterocycles. The van der Waals surface area contributed by atoms with Gasteiger partial charge in [-0.15, -0.1) is 0 Å². The van der Waals surface area contributed by atoms with Gasteiger partial charge in [-0.25, -0.2) is 4.79 Å². The number of carboxylic acid groups (broad SMARTS) is 1. The molecule has 1 aromatic rings. The van der Waals surface area contributed by atoms with E-state index in [1.54, 1.807) is 24.3 Å². The highest BCUT2D eigenvalue weighted by Gasteiger charge is 2.25. The standard InChI is InChI=1S/C16H21N3O6/c1-10(15(22)23)18-14(21)12(7-8-13(17)20)19-16(24)25-9-11-5-3-2-4-6-11/h2-6,10,12H,7-9H2,1H3,(H2,17,20)(H,18,21)(H,19,24)(H,22,23)/t10-,12-/m0/s1. The van der Waals surface area contributed by atoms with Crippen LogP contribution in [0.25, 0.3) is 0 Å². The van der Waals surface area contributed by atoms with Crippen LogP contribution in [0.2, 0.25) is 0 Å². The lowest BCUT2D eigenvalue weighted by molar-refractivity contribution is -0.141. The van der Waals surface area contributed by atoms with Crippen molar-refractivity contribution >= 4 is 23.9 Å². The normalized spacial score (nSPS) is 12.5. The van der Waals surface area contributed by atoms with Gasteiger partial charge in [0.15, 0.2) is 0 Å². The predicted molar refractivity (Wildman–Crippen MR) is 87.2 cm³/mol. The maximum Gasteiger partial charge on any atom is 0.408 e. The topological polar surface area (TPSA) is 148 Å². The Morgan fingerprint density at radius 2 is 1.80 bits per heavy atom. The number of carbonyl (C=O) groups is 4. The molecular weight excluding hydrogens is 330 g/mol. The Morgan fingerprint density at radius 1 is 1.16 bits per heavy atom. The zero-order chi connectivity index (χ0) is 18.8. The Labute approximate surface area is 144 Å². The van der Waals surface area contributed by atoms with Crippen molar-refractivity contribution in [2.24, 2.45) is 5.73 Å². The molecule has 0 radical (unpaired) electrons. The van der Waals surface area contributed by atoms with E-state index >= 15 is 0 Å². The largest absolute Gasteiger partial charge is 0.480 e. The highest BCUT2D eigenvalue weighted by molar-refractivity contribution is 5.89. The van der Waals surface area contributed by atoms with Gasteiger partial charge in [0.25, 0.3) is 0 Å². The average molecular weight is 351 g/mol. The molecular formula is C16H21N3O6. The van der Waals surface area contributed by atoms with Crippen LogP contribution in [0.15, 0.2) is 30.3 Å². The molecule has 0 aromatic heterocycles. The summed E-state index contributed by atoms with van der Waals surface area (Å²) in [6.45, 7) is 1.28. The molecule has 136 valence electrons. The molecule has 2 atom stereocenters. The maximum absolute atomic E-state index is 12.1. The predicted octanol–water partition coefficient (Wildman–Crippen LogP) is 0.136. The van der Waals surface area contributed by atoms with Crippen LogP contribution in [0.1, 0.15) is 25.3 Å². The van der Waals surface area contributed by atoms with E-state index in [4.69, 9.17) is 15.6 Å². The fraction of sp³-hybridized carbons (Fsp3) is 0.375. The minimum absolute atomic E-state index is 0.00234. The van der Waals surface area contributed by atoms with Crippen molar-refractivity contribution in [1.82, 2.24) is 10.6 Å². The fourth-order valence-electron chi connectivity index (χ4n) is 1.84. The molecule has 0 bridgehead atoms. The number of hydrogen-bond donors (Lipinski definition) is 4. The first kappa shape index (κ1) is 19.9. The first-order valence-corrected chi connectivity index (χ1v) is 7.58. The molecule has 0 saturated carbocycles. The second-order valence-corrected chi connectivity index (χ2v) is 5.33. The minimum atomic E-state index is -1.23. The van der Waals surface area contributed by atoms with Crippen LogP contribution in [0.3, 0.4) is 0 Å². The molecule has 1 aromatic carbocycles. The first-order chi connectivity index (χ1) is 11.8. The fourth-order valence-corrected chi connectivity index (χ4v) is 1.84. The van der Waals surface area contributed by atoms with Gasteiger partial charge in [0.05, 0.1) is 0 Å². The molecule has 0 unspecified atom stereocenters. The molecule has 1 rings (SSSR count). The summed E-state index contributed by atoms with van der Waals surface area (Å²) in [6.07, 6.45) is -1.09. The lowest BCUT2D eigenvalue weighted by atomic mass is 10.1.